The number of carboxylic acids is 2. The number of carboxylic acid groups (broad SMARTS) is 2. The zero-order valence-corrected chi connectivity index (χ0v) is 7.94. The average Bonchev–Trinajstić information content (AvgIpc) is 2.14. The molecular formula is C8H12O6-2. The smallest absolute Gasteiger partial charge is 0.137 e. The van der Waals surface area contributed by atoms with Gasteiger partial charge in [-0.25, -0.2) is 0 Å². The van der Waals surface area contributed by atoms with Crippen LogP contribution in [-0.4, -0.2) is 33.4 Å². The molecule has 0 saturated carbocycles. The zero-order chi connectivity index (χ0) is 11.6. The van der Waals surface area contributed by atoms with Crippen molar-refractivity contribution in [3.05, 3.63) is 0 Å². The summed E-state index contributed by atoms with van der Waals surface area (Å²) in [5.74, 6) is -4.07. The number of carbonyl (C=O) groups is 2. The fourth-order valence-electron chi connectivity index (χ4n) is 1.21. The van der Waals surface area contributed by atoms with E-state index < -0.39 is 36.0 Å². The molecule has 0 aromatic heterocycles. The first-order chi connectivity index (χ1) is 6.26. The fraction of sp³-hybridized carbons (Fsp3) is 0.750. The second-order valence-electron chi connectivity index (χ2n) is 3.00. The van der Waals surface area contributed by atoms with E-state index in [4.69, 9.17) is 0 Å². The summed E-state index contributed by atoms with van der Waals surface area (Å²) in [5, 5.41) is 40.0. The lowest BCUT2D eigenvalue weighted by Gasteiger charge is -2.43. The molecule has 0 heterocycles. The van der Waals surface area contributed by atoms with E-state index in [0.29, 0.717) is 0 Å². The average molecular weight is 204 g/mol. The maximum Gasteiger partial charge on any atom is 0.137 e. The van der Waals surface area contributed by atoms with E-state index in [-0.39, 0.29) is 0 Å². The maximum atomic E-state index is 10.6. The Hall–Kier alpha value is -1.14. The summed E-state index contributed by atoms with van der Waals surface area (Å²) in [6.07, 6.45) is -0.985. The van der Waals surface area contributed by atoms with Crippen LogP contribution < -0.4 is 10.2 Å². The third-order valence-electron chi connectivity index (χ3n) is 2.38. The predicted molar refractivity (Wildman–Crippen MR) is 40.5 cm³/mol. The van der Waals surface area contributed by atoms with Gasteiger partial charge in [0, 0.05) is 0 Å². The summed E-state index contributed by atoms with van der Waals surface area (Å²) in [5.41, 5.74) is -5.67. The Morgan fingerprint density at radius 1 is 1.00 bits per heavy atom. The van der Waals surface area contributed by atoms with Gasteiger partial charge in [-0.3, -0.25) is 0 Å². The van der Waals surface area contributed by atoms with E-state index >= 15 is 0 Å². The minimum Gasteiger partial charge on any atom is -0.547 e. The summed E-state index contributed by atoms with van der Waals surface area (Å²) in [6, 6.07) is 0. The highest BCUT2D eigenvalue weighted by Gasteiger charge is 2.49. The third-order valence-corrected chi connectivity index (χ3v) is 2.38. The number of aliphatic hydroxyl groups is 2. The quantitative estimate of drug-likeness (QED) is 0.485. The van der Waals surface area contributed by atoms with Crippen LogP contribution in [0.4, 0.5) is 0 Å². The van der Waals surface area contributed by atoms with Crippen molar-refractivity contribution in [1.29, 1.82) is 0 Å². The highest BCUT2D eigenvalue weighted by atomic mass is 16.5. The molecule has 14 heavy (non-hydrogen) atoms. The minimum absolute atomic E-state index is 0.492. The van der Waals surface area contributed by atoms with Crippen LogP contribution in [0.3, 0.4) is 0 Å². The van der Waals surface area contributed by atoms with Crippen molar-refractivity contribution in [1.82, 2.24) is 0 Å². The first-order valence-electron chi connectivity index (χ1n) is 4.14. The topological polar surface area (TPSA) is 121 Å². The van der Waals surface area contributed by atoms with Crippen molar-refractivity contribution < 1.29 is 30.0 Å². The molecule has 2 N–H and O–H groups in total. The summed E-state index contributed by atoms with van der Waals surface area (Å²) >= 11 is 0. The van der Waals surface area contributed by atoms with Crippen LogP contribution in [0.2, 0.25) is 0 Å². The van der Waals surface area contributed by atoms with E-state index in [1.807, 2.05) is 0 Å². The van der Waals surface area contributed by atoms with Crippen LogP contribution in [-0.2, 0) is 9.59 Å². The van der Waals surface area contributed by atoms with Crippen molar-refractivity contribution >= 4 is 11.9 Å². The maximum absolute atomic E-state index is 10.6. The summed E-state index contributed by atoms with van der Waals surface area (Å²) < 4.78 is 0. The number of hydrogen-bond donors (Lipinski definition) is 2. The van der Waals surface area contributed by atoms with Gasteiger partial charge in [0.2, 0.25) is 0 Å². The van der Waals surface area contributed by atoms with E-state index in [0.717, 1.165) is 0 Å². The molecule has 0 saturated heterocycles. The normalized spacial score (nSPS) is 19.4. The van der Waals surface area contributed by atoms with Crippen LogP contribution in [0.5, 0.6) is 0 Å². The van der Waals surface area contributed by atoms with Crippen molar-refractivity contribution in [2.75, 3.05) is 0 Å². The fourth-order valence-corrected chi connectivity index (χ4v) is 1.21. The van der Waals surface area contributed by atoms with Crippen LogP contribution in [0.15, 0.2) is 0 Å². The Kier molecular flexibility index (Phi) is 3.61. The van der Waals surface area contributed by atoms with Crippen LogP contribution >= 0.6 is 0 Å². The number of rotatable bonds is 5. The molecule has 0 bridgehead atoms. The molecule has 6 nitrogen and oxygen atoms in total. The van der Waals surface area contributed by atoms with E-state index in [2.05, 4.69) is 0 Å². The number of aliphatic carboxylic acids is 2. The third kappa shape index (κ3) is 1.58. The molecule has 0 unspecified atom stereocenters. The Morgan fingerprint density at radius 3 is 1.29 bits per heavy atom. The molecular weight excluding hydrogens is 192 g/mol. The molecule has 0 spiro atoms. The van der Waals surface area contributed by atoms with Gasteiger partial charge < -0.3 is 30.0 Å². The molecule has 0 aromatic carbocycles. The molecule has 0 amide bonds. The monoisotopic (exact) mass is 204 g/mol. The lowest BCUT2D eigenvalue weighted by atomic mass is 9.79. The standard InChI is InChI=1S/C8H14O6/c1-3-7(13,5(9)10)8(14,4-2)6(11)12/h13-14H,3-4H2,1-2H3,(H,9,10)(H,11,12)/p-2/t7-,8-/m0/s1. The molecule has 0 radical (unpaired) electrons. The lowest BCUT2D eigenvalue weighted by molar-refractivity contribution is -0.358. The predicted octanol–water partition coefficient (Wildman–Crippen LogP) is -3.23. The first kappa shape index (κ1) is 12.9. The Morgan fingerprint density at radius 2 is 1.21 bits per heavy atom. The van der Waals surface area contributed by atoms with E-state index in [1.165, 1.54) is 13.8 Å². The molecule has 0 aliphatic rings. The van der Waals surface area contributed by atoms with Gasteiger partial charge in [-0.15, -0.1) is 0 Å². The number of hydrogen-bond acceptors (Lipinski definition) is 6. The van der Waals surface area contributed by atoms with E-state index in [1.54, 1.807) is 0 Å². The van der Waals surface area contributed by atoms with Crippen molar-refractivity contribution in [2.24, 2.45) is 0 Å². The molecule has 0 aromatic rings. The summed E-state index contributed by atoms with van der Waals surface area (Å²) in [7, 11) is 0. The molecule has 0 aliphatic carbocycles. The molecule has 82 valence electrons. The number of carbonyl (C=O) groups excluding carboxylic acids is 2. The van der Waals surface area contributed by atoms with Crippen LogP contribution in [0, 0.1) is 0 Å². The minimum atomic E-state index is -2.83. The molecule has 2 atom stereocenters. The van der Waals surface area contributed by atoms with Crippen LogP contribution in [0.25, 0.3) is 0 Å². The largest absolute Gasteiger partial charge is 0.547 e. The van der Waals surface area contributed by atoms with Gasteiger partial charge in [0.05, 0.1) is 11.9 Å². The molecule has 0 aliphatic heterocycles. The van der Waals surface area contributed by atoms with Gasteiger partial charge >= 0.3 is 0 Å². The van der Waals surface area contributed by atoms with Gasteiger partial charge in [-0.05, 0) is 12.8 Å². The second-order valence-corrected chi connectivity index (χ2v) is 3.00. The Bertz CT molecular complexity index is 224. The van der Waals surface area contributed by atoms with E-state index in [9.17, 15) is 30.0 Å². The van der Waals surface area contributed by atoms with Gasteiger partial charge in [0.25, 0.3) is 0 Å². The Labute approximate surface area is 80.8 Å². The SMILES string of the molecule is CC[C@](O)(C(=O)[O-])[C@](O)(CC)C(=O)[O-]. The Balaban J connectivity index is 5.37. The second kappa shape index (κ2) is 3.93. The van der Waals surface area contributed by atoms with Crippen LogP contribution in [0.1, 0.15) is 26.7 Å². The highest BCUT2D eigenvalue weighted by molar-refractivity contribution is 5.88. The van der Waals surface area contributed by atoms with Crippen molar-refractivity contribution in [2.45, 2.75) is 37.9 Å². The molecule has 0 rings (SSSR count). The molecule has 6 heteroatoms. The van der Waals surface area contributed by atoms with Gasteiger partial charge in [0.15, 0.2) is 0 Å². The van der Waals surface area contributed by atoms with Crippen molar-refractivity contribution in [3.63, 3.8) is 0 Å². The first-order valence-corrected chi connectivity index (χ1v) is 4.14. The van der Waals surface area contributed by atoms with Gasteiger partial charge in [-0.2, -0.15) is 0 Å². The summed E-state index contributed by atoms with van der Waals surface area (Å²) in [6.45, 7) is 2.44. The lowest BCUT2D eigenvalue weighted by Crippen LogP contribution is -2.69. The van der Waals surface area contributed by atoms with Gasteiger partial charge in [0.1, 0.15) is 11.2 Å². The summed E-state index contributed by atoms with van der Waals surface area (Å²) in [4.78, 5) is 21.1. The van der Waals surface area contributed by atoms with Gasteiger partial charge in [-0.1, -0.05) is 13.8 Å². The highest BCUT2D eigenvalue weighted by Crippen LogP contribution is 2.28. The zero-order valence-electron chi connectivity index (χ0n) is 7.94. The molecule has 0 fully saturated rings. The van der Waals surface area contributed by atoms with Crippen molar-refractivity contribution in [3.8, 4) is 0 Å².